The quantitative estimate of drug-likeness (QED) is 0.385. The Morgan fingerprint density at radius 2 is 0.964 bits per heavy atom. The summed E-state index contributed by atoms with van der Waals surface area (Å²) in [4.78, 5) is 0. The van der Waals surface area contributed by atoms with Gasteiger partial charge in [0, 0.05) is 0 Å². The molecule has 0 saturated carbocycles. The van der Waals surface area contributed by atoms with E-state index >= 15 is 0 Å². The number of rotatable bonds is 7. The van der Waals surface area contributed by atoms with Gasteiger partial charge in [-0.3, -0.25) is 0 Å². The highest BCUT2D eigenvalue weighted by molar-refractivity contribution is 7.95. The predicted molar refractivity (Wildman–Crippen MR) is 123 cm³/mol. The van der Waals surface area contributed by atoms with Gasteiger partial charge >= 0.3 is 0 Å². The lowest BCUT2D eigenvalue weighted by Crippen LogP contribution is -3.00. The fourth-order valence-corrected chi connectivity index (χ4v) is 7.36. The largest absolute Gasteiger partial charge is 1.00 e. The molecule has 142 valence electrons. The Labute approximate surface area is 180 Å². The van der Waals surface area contributed by atoms with E-state index in [1.165, 1.54) is 15.9 Å². The fraction of sp³-hybridized carbons (Fsp3) is 0.0769. The van der Waals surface area contributed by atoms with Crippen LogP contribution in [-0.2, 0) is 0 Å². The van der Waals surface area contributed by atoms with Crippen LogP contribution >= 0.6 is 7.26 Å². The first kappa shape index (κ1) is 22.1. The molecule has 0 aromatic heterocycles. The number of hydrogen-bond acceptors (Lipinski definition) is 0. The van der Waals surface area contributed by atoms with Gasteiger partial charge in [-0.1, -0.05) is 85.0 Å². The van der Waals surface area contributed by atoms with Crippen molar-refractivity contribution in [3.05, 3.63) is 127 Å². The summed E-state index contributed by atoms with van der Waals surface area (Å²) in [7, 11) is -1.75. The van der Waals surface area contributed by atoms with E-state index in [2.05, 4.69) is 121 Å². The Morgan fingerprint density at radius 1 is 0.571 bits per heavy atom. The molecule has 0 saturated heterocycles. The molecule has 3 aromatic carbocycles. The number of halogens is 1. The van der Waals surface area contributed by atoms with Gasteiger partial charge in [0.1, 0.15) is 23.2 Å². The van der Waals surface area contributed by atoms with Crippen molar-refractivity contribution in [3.8, 4) is 0 Å². The summed E-state index contributed by atoms with van der Waals surface area (Å²) in [5.74, 6) is 0. The van der Waals surface area contributed by atoms with Crippen LogP contribution in [0.2, 0.25) is 0 Å². The van der Waals surface area contributed by atoms with Gasteiger partial charge < -0.3 is 17.0 Å². The van der Waals surface area contributed by atoms with Crippen LogP contribution in [0.1, 0.15) is 6.92 Å². The van der Waals surface area contributed by atoms with E-state index in [0.29, 0.717) is 0 Å². The third-order valence-corrected chi connectivity index (χ3v) is 8.93. The minimum Gasteiger partial charge on any atom is -1.00 e. The maximum atomic E-state index is 2.32. The lowest BCUT2D eigenvalue weighted by atomic mass is 10.4. The Balaban J connectivity index is 0.00000280. The van der Waals surface area contributed by atoms with E-state index in [1.807, 2.05) is 13.0 Å². The molecule has 0 amide bonds. The van der Waals surface area contributed by atoms with Crippen molar-refractivity contribution in [2.24, 2.45) is 0 Å². The number of hydrogen-bond donors (Lipinski definition) is 0. The molecule has 3 rings (SSSR count). The molecular formula is C26H26BrP. The zero-order valence-electron chi connectivity index (χ0n) is 16.2. The molecule has 0 nitrogen and oxygen atoms in total. The standard InChI is InChI=1S/C26H26P.BrH/c1-2-3-4-5-6-16-23-27(24-17-10-7-11-18-24,25-19-12-8-13-20-25)26-21-14-9-15-22-26;/h2-22H,23H2,1H3;1H/q+1;/p-1/b3-2+,5-4+,16-6+;. The number of benzene rings is 3. The molecule has 0 aliphatic rings. The van der Waals surface area contributed by atoms with Crippen molar-refractivity contribution in [3.63, 3.8) is 0 Å². The third-order valence-electron chi connectivity index (χ3n) is 4.63. The monoisotopic (exact) mass is 448 g/mol. The Bertz CT molecular complexity index is 800. The van der Waals surface area contributed by atoms with Crippen molar-refractivity contribution < 1.29 is 17.0 Å². The van der Waals surface area contributed by atoms with E-state index in [-0.39, 0.29) is 17.0 Å². The van der Waals surface area contributed by atoms with Crippen LogP contribution in [0.3, 0.4) is 0 Å². The molecule has 0 N–H and O–H groups in total. The highest BCUT2D eigenvalue weighted by Gasteiger charge is 2.43. The van der Waals surface area contributed by atoms with Gasteiger partial charge in [-0.25, -0.2) is 0 Å². The van der Waals surface area contributed by atoms with Crippen molar-refractivity contribution in [1.29, 1.82) is 0 Å². The number of allylic oxidation sites excluding steroid dienone is 6. The molecule has 0 radical (unpaired) electrons. The lowest BCUT2D eigenvalue weighted by molar-refractivity contribution is -0.00000526. The normalized spacial score (nSPS) is 11.9. The summed E-state index contributed by atoms with van der Waals surface area (Å²) in [6.07, 6.45) is 13.8. The average molecular weight is 449 g/mol. The molecule has 0 atom stereocenters. The fourth-order valence-electron chi connectivity index (χ4n) is 3.35. The minimum absolute atomic E-state index is 0. The Hall–Kier alpha value is -2.21. The average Bonchev–Trinajstić information content (AvgIpc) is 2.75. The van der Waals surface area contributed by atoms with Gasteiger partial charge in [0.25, 0.3) is 0 Å². The zero-order valence-corrected chi connectivity index (χ0v) is 18.6. The van der Waals surface area contributed by atoms with Crippen molar-refractivity contribution in [1.82, 2.24) is 0 Å². The molecule has 2 heteroatoms. The van der Waals surface area contributed by atoms with Crippen molar-refractivity contribution in [2.75, 3.05) is 6.16 Å². The van der Waals surface area contributed by atoms with E-state index in [9.17, 15) is 0 Å². The Morgan fingerprint density at radius 3 is 1.36 bits per heavy atom. The van der Waals surface area contributed by atoms with Crippen molar-refractivity contribution in [2.45, 2.75) is 6.92 Å². The van der Waals surface area contributed by atoms with Crippen LogP contribution < -0.4 is 32.9 Å². The molecule has 0 aliphatic carbocycles. The van der Waals surface area contributed by atoms with Crippen LogP contribution in [0.4, 0.5) is 0 Å². The summed E-state index contributed by atoms with van der Waals surface area (Å²) in [5.41, 5.74) is 0. The summed E-state index contributed by atoms with van der Waals surface area (Å²) in [6.45, 7) is 2.03. The van der Waals surface area contributed by atoms with E-state index in [4.69, 9.17) is 0 Å². The molecule has 0 unspecified atom stereocenters. The van der Waals surface area contributed by atoms with Gasteiger partial charge in [0.15, 0.2) is 0 Å². The lowest BCUT2D eigenvalue weighted by Gasteiger charge is -2.26. The first-order valence-corrected chi connectivity index (χ1v) is 11.3. The van der Waals surface area contributed by atoms with Crippen LogP contribution in [0, 0.1) is 0 Å². The Kier molecular flexibility index (Phi) is 9.14. The zero-order chi connectivity index (χ0) is 18.8. The van der Waals surface area contributed by atoms with Gasteiger partial charge in [-0.2, -0.15) is 0 Å². The van der Waals surface area contributed by atoms with E-state index in [1.54, 1.807) is 0 Å². The predicted octanol–water partition coefficient (Wildman–Crippen LogP) is 2.67. The smallest absolute Gasteiger partial charge is 0.115 e. The maximum absolute atomic E-state index is 2.32. The van der Waals surface area contributed by atoms with Crippen LogP contribution in [-0.4, -0.2) is 6.16 Å². The maximum Gasteiger partial charge on any atom is 0.115 e. The molecule has 0 spiro atoms. The minimum atomic E-state index is -1.75. The highest BCUT2D eigenvalue weighted by atomic mass is 79.9. The van der Waals surface area contributed by atoms with E-state index < -0.39 is 7.26 Å². The SMILES string of the molecule is C/C=C/C=C/C=C/C[P+](c1ccccc1)(c1ccccc1)c1ccccc1.[Br-]. The van der Waals surface area contributed by atoms with Gasteiger partial charge in [0.05, 0.1) is 6.16 Å². The van der Waals surface area contributed by atoms with Crippen LogP contribution in [0.5, 0.6) is 0 Å². The molecular weight excluding hydrogens is 423 g/mol. The second kappa shape index (κ2) is 11.6. The molecule has 0 heterocycles. The summed E-state index contributed by atoms with van der Waals surface area (Å²) in [5, 5.41) is 4.26. The molecule has 28 heavy (non-hydrogen) atoms. The highest BCUT2D eigenvalue weighted by Crippen LogP contribution is 2.55. The molecule has 3 aromatic rings. The first-order valence-electron chi connectivity index (χ1n) is 9.37. The molecule has 0 aliphatic heterocycles. The van der Waals surface area contributed by atoms with Gasteiger partial charge in [0.2, 0.25) is 0 Å². The van der Waals surface area contributed by atoms with E-state index in [0.717, 1.165) is 6.16 Å². The first-order chi connectivity index (χ1) is 13.4. The molecule has 0 bridgehead atoms. The summed E-state index contributed by atoms with van der Waals surface area (Å²) >= 11 is 0. The topological polar surface area (TPSA) is 0 Å². The third kappa shape index (κ3) is 5.19. The van der Waals surface area contributed by atoms with Crippen LogP contribution in [0.25, 0.3) is 0 Å². The summed E-state index contributed by atoms with van der Waals surface area (Å²) < 4.78 is 0. The van der Waals surface area contributed by atoms with Gasteiger partial charge in [-0.15, -0.1) is 0 Å². The van der Waals surface area contributed by atoms with Crippen LogP contribution in [0.15, 0.2) is 127 Å². The van der Waals surface area contributed by atoms with Gasteiger partial charge in [-0.05, 0) is 49.4 Å². The summed E-state index contributed by atoms with van der Waals surface area (Å²) in [6, 6.07) is 33.0. The van der Waals surface area contributed by atoms with Crippen molar-refractivity contribution >= 4 is 23.2 Å². The second-order valence-corrected chi connectivity index (χ2v) is 9.87. The molecule has 0 fully saturated rings. The second-order valence-electron chi connectivity index (χ2n) is 6.34.